The number of carboxylic acid groups (broad SMARTS) is 1. The molecule has 10 nitrogen and oxygen atoms in total. The van der Waals surface area contributed by atoms with Crippen LogP contribution in [0.3, 0.4) is 0 Å². The molecule has 196 valence electrons. The van der Waals surface area contributed by atoms with Gasteiger partial charge in [-0.05, 0) is 36.8 Å². The van der Waals surface area contributed by atoms with E-state index in [-0.39, 0.29) is 18.3 Å². The normalized spacial score (nSPS) is 13.8. The van der Waals surface area contributed by atoms with Crippen LogP contribution in [0.1, 0.15) is 57.4 Å². The van der Waals surface area contributed by atoms with E-state index in [1.807, 2.05) is 52.0 Å². The molecule has 10 heteroatoms. The van der Waals surface area contributed by atoms with Crippen molar-refractivity contribution in [2.45, 2.75) is 65.1 Å². The standard InChI is InChI=1S/C26H36N4O6/c1-15(2)10-19(24(34)27-18(14-31)13-23(32)33)28-25(35)20(11-16(3)4)29-26(36)22-12-17-8-6-7-9-21(17)30(22)5/h6-9,12,14-16,18-20H,10-11,13H2,1-5H3,(H,27,34)(H,28,35)(H,29,36)(H,32,33)/t18-,19-,20-/m0/s1. The van der Waals surface area contributed by atoms with E-state index < -0.39 is 48.2 Å². The van der Waals surface area contributed by atoms with Gasteiger partial charge in [0.05, 0.1) is 12.5 Å². The number of nitrogens with zero attached hydrogens (tertiary/aromatic N) is 1. The number of hydrogen-bond acceptors (Lipinski definition) is 5. The molecular formula is C26H36N4O6. The molecule has 0 spiro atoms. The van der Waals surface area contributed by atoms with Crippen LogP contribution in [0.5, 0.6) is 0 Å². The first kappa shape index (κ1) is 28.5. The van der Waals surface area contributed by atoms with Gasteiger partial charge in [0.2, 0.25) is 11.8 Å². The van der Waals surface area contributed by atoms with Gasteiger partial charge in [-0.15, -0.1) is 0 Å². The molecule has 2 aromatic rings. The Hall–Kier alpha value is -3.69. The first-order valence-corrected chi connectivity index (χ1v) is 12.1. The lowest BCUT2D eigenvalue weighted by Gasteiger charge is -2.26. The van der Waals surface area contributed by atoms with Crippen molar-refractivity contribution in [3.8, 4) is 0 Å². The van der Waals surface area contributed by atoms with Gasteiger partial charge in [-0.3, -0.25) is 19.2 Å². The third-order valence-corrected chi connectivity index (χ3v) is 5.74. The van der Waals surface area contributed by atoms with E-state index in [0.717, 1.165) is 10.9 Å². The summed E-state index contributed by atoms with van der Waals surface area (Å²) < 4.78 is 1.76. The Morgan fingerprint density at radius 1 is 0.917 bits per heavy atom. The summed E-state index contributed by atoms with van der Waals surface area (Å²) in [6.07, 6.45) is 0.399. The molecule has 0 fully saturated rings. The van der Waals surface area contributed by atoms with Gasteiger partial charge in [-0.2, -0.15) is 0 Å². The van der Waals surface area contributed by atoms with Crippen LogP contribution in [0.15, 0.2) is 30.3 Å². The van der Waals surface area contributed by atoms with Crippen molar-refractivity contribution in [1.29, 1.82) is 0 Å². The number of benzene rings is 1. The van der Waals surface area contributed by atoms with Gasteiger partial charge >= 0.3 is 5.97 Å². The van der Waals surface area contributed by atoms with Crippen LogP contribution < -0.4 is 16.0 Å². The number of aldehydes is 1. The van der Waals surface area contributed by atoms with Crippen LogP contribution in [0.4, 0.5) is 0 Å². The summed E-state index contributed by atoms with van der Waals surface area (Å²) in [5, 5.41) is 17.7. The quantitative estimate of drug-likeness (QED) is 0.310. The van der Waals surface area contributed by atoms with Crippen molar-refractivity contribution < 1.29 is 29.1 Å². The molecule has 4 N–H and O–H groups in total. The van der Waals surface area contributed by atoms with Crippen molar-refractivity contribution in [3.63, 3.8) is 0 Å². The molecule has 1 aromatic heterocycles. The SMILES string of the molecule is CC(C)C[C@H](NC(=O)c1cc2ccccc2n1C)C(=O)N[C@@H](CC(C)C)C(=O)N[C@H](C=O)CC(=O)O. The van der Waals surface area contributed by atoms with Gasteiger partial charge < -0.3 is 30.4 Å². The van der Waals surface area contributed by atoms with E-state index in [9.17, 15) is 24.0 Å². The predicted octanol–water partition coefficient (Wildman–Crippen LogP) is 2.01. The number of para-hydroxylation sites is 1. The van der Waals surface area contributed by atoms with Gasteiger partial charge in [0, 0.05) is 18.0 Å². The zero-order chi connectivity index (χ0) is 27.0. The minimum absolute atomic E-state index is 0.0177. The van der Waals surface area contributed by atoms with Crippen LogP contribution in [-0.2, 0) is 26.2 Å². The Morgan fingerprint density at radius 3 is 2.00 bits per heavy atom. The first-order chi connectivity index (χ1) is 16.9. The van der Waals surface area contributed by atoms with E-state index in [4.69, 9.17) is 5.11 Å². The van der Waals surface area contributed by atoms with Crippen molar-refractivity contribution in [2.75, 3.05) is 0 Å². The second kappa shape index (κ2) is 12.9. The molecule has 0 saturated heterocycles. The number of carbonyl (C=O) groups excluding carboxylic acids is 4. The molecule has 0 unspecified atom stereocenters. The molecule has 0 aliphatic carbocycles. The molecule has 0 bridgehead atoms. The summed E-state index contributed by atoms with van der Waals surface area (Å²) in [5.74, 6) is -2.74. The number of amides is 3. The van der Waals surface area contributed by atoms with Gasteiger partial charge in [0.15, 0.2) is 0 Å². The van der Waals surface area contributed by atoms with E-state index in [1.165, 1.54) is 0 Å². The number of hydrogen-bond donors (Lipinski definition) is 4. The Balaban J connectivity index is 2.21. The summed E-state index contributed by atoms with van der Waals surface area (Å²) in [4.78, 5) is 61.4. The maximum atomic E-state index is 13.3. The number of rotatable bonds is 13. The van der Waals surface area contributed by atoms with Crippen LogP contribution in [0.2, 0.25) is 0 Å². The number of fused-ring (bicyclic) bond motifs is 1. The molecule has 3 amide bonds. The number of aromatic nitrogens is 1. The van der Waals surface area contributed by atoms with Crippen LogP contribution >= 0.6 is 0 Å². The number of carboxylic acids is 1. The fourth-order valence-corrected chi connectivity index (χ4v) is 4.02. The second-order valence-corrected chi connectivity index (χ2v) is 9.84. The lowest BCUT2D eigenvalue weighted by Crippen LogP contribution is -2.55. The zero-order valence-electron chi connectivity index (χ0n) is 21.4. The van der Waals surface area contributed by atoms with E-state index in [1.54, 1.807) is 17.7 Å². The largest absolute Gasteiger partial charge is 0.481 e. The third-order valence-electron chi connectivity index (χ3n) is 5.74. The second-order valence-electron chi connectivity index (χ2n) is 9.84. The highest BCUT2D eigenvalue weighted by Crippen LogP contribution is 2.19. The van der Waals surface area contributed by atoms with Gasteiger partial charge in [0.1, 0.15) is 24.1 Å². The monoisotopic (exact) mass is 500 g/mol. The molecule has 0 aliphatic rings. The maximum absolute atomic E-state index is 13.3. The Labute approximate surface area is 210 Å². The molecule has 3 atom stereocenters. The van der Waals surface area contributed by atoms with Crippen molar-refractivity contribution >= 4 is 40.9 Å². The average Bonchev–Trinajstić information content (AvgIpc) is 3.13. The maximum Gasteiger partial charge on any atom is 0.305 e. The molecule has 1 heterocycles. The summed E-state index contributed by atoms with van der Waals surface area (Å²) >= 11 is 0. The Kier molecular flexibility index (Phi) is 10.2. The summed E-state index contributed by atoms with van der Waals surface area (Å²) in [6, 6.07) is 6.20. The van der Waals surface area contributed by atoms with E-state index in [0.29, 0.717) is 18.4 Å². The molecule has 1 aromatic carbocycles. The fraction of sp³-hybridized carbons (Fsp3) is 0.500. The zero-order valence-corrected chi connectivity index (χ0v) is 21.4. The minimum Gasteiger partial charge on any atom is -0.481 e. The Bertz CT molecular complexity index is 1110. The summed E-state index contributed by atoms with van der Waals surface area (Å²) in [6.45, 7) is 7.58. The lowest BCUT2D eigenvalue weighted by atomic mass is 9.99. The molecule has 0 saturated carbocycles. The van der Waals surface area contributed by atoms with Gasteiger partial charge in [-0.25, -0.2) is 0 Å². The highest BCUT2D eigenvalue weighted by Gasteiger charge is 2.30. The van der Waals surface area contributed by atoms with Crippen LogP contribution in [0, 0.1) is 11.8 Å². The van der Waals surface area contributed by atoms with E-state index >= 15 is 0 Å². The number of aryl methyl sites for hydroxylation is 1. The predicted molar refractivity (Wildman–Crippen MR) is 135 cm³/mol. The third kappa shape index (κ3) is 7.93. The molecular weight excluding hydrogens is 464 g/mol. The van der Waals surface area contributed by atoms with Gasteiger partial charge in [0.25, 0.3) is 5.91 Å². The molecule has 0 radical (unpaired) electrons. The van der Waals surface area contributed by atoms with Crippen molar-refractivity contribution in [1.82, 2.24) is 20.5 Å². The minimum atomic E-state index is -1.23. The molecule has 2 rings (SSSR count). The van der Waals surface area contributed by atoms with E-state index in [2.05, 4.69) is 16.0 Å². The highest BCUT2D eigenvalue weighted by molar-refractivity contribution is 6.01. The first-order valence-electron chi connectivity index (χ1n) is 12.1. The smallest absolute Gasteiger partial charge is 0.305 e. The van der Waals surface area contributed by atoms with Crippen molar-refractivity contribution in [3.05, 3.63) is 36.0 Å². The van der Waals surface area contributed by atoms with Crippen LogP contribution in [-0.4, -0.2) is 57.8 Å². The van der Waals surface area contributed by atoms with Crippen LogP contribution in [0.25, 0.3) is 10.9 Å². The number of nitrogens with one attached hydrogen (secondary N) is 3. The highest BCUT2D eigenvalue weighted by atomic mass is 16.4. The topological polar surface area (TPSA) is 147 Å². The Morgan fingerprint density at radius 2 is 1.47 bits per heavy atom. The molecule has 0 aliphatic heterocycles. The van der Waals surface area contributed by atoms with Gasteiger partial charge in [-0.1, -0.05) is 45.9 Å². The fourth-order valence-electron chi connectivity index (χ4n) is 4.02. The summed E-state index contributed by atoms with van der Waals surface area (Å²) in [5.41, 5.74) is 1.28. The molecule has 36 heavy (non-hydrogen) atoms. The average molecular weight is 501 g/mol. The van der Waals surface area contributed by atoms with Crippen molar-refractivity contribution in [2.24, 2.45) is 18.9 Å². The number of aliphatic carboxylic acids is 1. The lowest BCUT2D eigenvalue weighted by molar-refractivity contribution is -0.139. The summed E-state index contributed by atoms with van der Waals surface area (Å²) in [7, 11) is 1.78. The number of carbonyl (C=O) groups is 5.